The molecule has 2 N–H and O–H groups in total. The number of hydrogen-bond acceptors (Lipinski definition) is 3. The molecule has 1 unspecified atom stereocenters. The molecule has 0 saturated heterocycles. The van der Waals surface area contributed by atoms with Crippen LogP contribution in [-0.2, 0) is 11.2 Å². The van der Waals surface area contributed by atoms with Gasteiger partial charge in [-0.25, -0.2) is 0 Å². The molecule has 122 valence electrons. The van der Waals surface area contributed by atoms with Gasteiger partial charge in [0.15, 0.2) is 0 Å². The molecule has 0 spiro atoms. The molecule has 4 heteroatoms. The number of aryl methyl sites for hydroxylation is 1. The van der Waals surface area contributed by atoms with Crippen LogP contribution in [0.5, 0.6) is 11.5 Å². The lowest BCUT2D eigenvalue weighted by atomic mass is 9.89. The van der Waals surface area contributed by atoms with Gasteiger partial charge in [-0.1, -0.05) is 25.1 Å². The van der Waals surface area contributed by atoms with Crippen molar-refractivity contribution >= 4 is 5.97 Å². The van der Waals surface area contributed by atoms with Crippen molar-refractivity contribution in [3.05, 3.63) is 59.2 Å². The molecule has 0 heterocycles. The van der Waals surface area contributed by atoms with E-state index < -0.39 is 11.9 Å². The quantitative estimate of drug-likeness (QED) is 0.813. The topological polar surface area (TPSA) is 66.8 Å². The average molecular weight is 314 g/mol. The highest BCUT2D eigenvalue weighted by molar-refractivity contribution is 5.77. The van der Waals surface area contributed by atoms with Crippen LogP contribution in [0.1, 0.15) is 36.0 Å². The molecule has 0 aliphatic heterocycles. The Morgan fingerprint density at radius 3 is 2.43 bits per heavy atom. The Bertz CT molecular complexity index is 662. The Morgan fingerprint density at radius 1 is 1.17 bits per heavy atom. The van der Waals surface area contributed by atoms with Crippen LogP contribution in [0.25, 0.3) is 0 Å². The molecule has 4 nitrogen and oxygen atoms in total. The molecule has 23 heavy (non-hydrogen) atoms. The maximum atomic E-state index is 11.7. The van der Waals surface area contributed by atoms with E-state index in [0.29, 0.717) is 13.0 Å². The van der Waals surface area contributed by atoms with Gasteiger partial charge >= 0.3 is 5.97 Å². The van der Waals surface area contributed by atoms with Crippen molar-refractivity contribution in [3.8, 4) is 11.5 Å². The number of aliphatic carboxylic acids is 1. The summed E-state index contributed by atoms with van der Waals surface area (Å²) in [6.45, 7) is 4.59. The summed E-state index contributed by atoms with van der Waals surface area (Å²) in [5.41, 5.74) is 2.57. The third-order valence-electron chi connectivity index (χ3n) is 3.76. The molecular formula is C19H22O4. The number of benzene rings is 2. The number of rotatable bonds is 7. The summed E-state index contributed by atoms with van der Waals surface area (Å²) in [5.74, 6) is -0.542. The summed E-state index contributed by atoms with van der Waals surface area (Å²) in [7, 11) is 0. The van der Waals surface area contributed by atoms with Gasteiger partial charge in [-0.05, 0) is 60.7 Å². The summed E-state index contributed by atoms with van der Waals surface area (Å²) in [6, 6.07) is 12.2. The van der Waals surface area contributed by atoms with E-state index >= 15 is 0 Å². The molecule has 0 radical (unpaired) electrons. The van der Waals surface area contributed by atoms with E-state index in [9.17, 15) is 15.0 Å². The molecule has 0 amide bonds. The van der Waals surface area contributed by atoms with Crippen molar-refractivity contribution in [2.75, 3.05) is 6.61 Å². The first-order chi connectivity index (χ1) is 11.0. The summed E-state index contributed by atoms with van der Waals surface area (Å²) in [6.07, 6.45) is 1.31. The number of ether oxygens (including phenoxy) is 1. The van der Waals surface area contributed by atoms with Gasteiger partial charge in [0.1, 0.15) is 11.5 Å². The Kier molecular flexibility index (Phi) is 5.63. The van der Waals surface area contributed by atoms with E-state index in [1.807, 2.05) is 32.0 Å². The first-order valence-electron chi connectivity index (χ1n) is 7.75. The van der Waals surface area contributed by atoms with Crippen molar-refractivity contribution in [1.29, 1.82) is 0 Å². The van der Waals surface area contributed by atoms with Crippen LogP contribution in [0, 0.1) is 6.92 Å². The lowest BCUT2D eigenvalue weighted by Crippen LogP contribution is -2.15. The minimum atomic E-state index is -0.858. The number of hydrogen-bond donors (Lipinski definition) is 2. The predicted octanol–water partition coefficient (Wildman–Crippen LogP) is 3.90. The molecule has 0 fully saturated rings. The van der Waals surface area contributed by atoms with E-state index in [1.165, 1.54) is 0 Å². The van der Waals surface area contributed by atoms with Gasteiger partial charge in [0.25, 0.3) is 0 Å². The second-order valence-corrected chi connectivity index (χ2v) is 5.63. The summed E-state index contributed by atoms with van der Waals surface area (Å²) in [5, 5.41) is 18.9. The summed E-state index contributed by atoms with van der Waals surface area (Å²) >= 11 is 0. The van der Waals surface area contributed by atoms with Gasteiger partial charge in [-0.2, -0.15) is 0 Å². The van der Waals surface area contributed by atoms with Crippen molar-refractivity contribution in [3.63, 3.8) is 0 Å². The Hall–Kier alpha value is -2.49. The zero-order valence-electron chi connectivity index (χ0n) is 13.5. The third kappa shape index (κ3) is 4.49. The van der Waals surface area contributed by atoms with Gasteiger partial charge in [-0.3, -0.25) is 4.79 Å². The standard InChI is InChI=1S/C19H22O4/c1-3-10-23-16-8-9-17(13(2)11-16)18(19(21)22)12-14-4-6-15(20)7-5-14/h4-9,11,18,20H,3,10,12H2,1-2H3,(H,21,22). The molecule has 0 aliphatic carbocycles. The van der Waals surface area contributed by atoms with Gasteiger partial charge in [0.05, 0.1) is 12.5 Å². The average Bonchev–Trinajstić information content (AvgIpc) is 2.53. The fourth-order valence-electron chi connectivity index (χ4n) is 2.55. The number of aromatic hydroxyl groups is 1. The van der Waals surface area contributed by atoms with Crippen molar-refractivity contribution < 1.29 is 19.7 Å². The highest BCUT2D eigenvalue weighted by Crippen LogP contribution is 2.28. The molecule has 0 bridgehead atoms. The third-order valence-corrected chi connectivity index (χ3v) is 3.76. The normalized spacial score (nSPS) is 11.9. The summed E-state index contributed by atoms with van der Waals surface area (Å²) in [4.78, 5) is 11.7. The van der Waals surface area contributed by atoms with Gasteiger partial charge in [0, 0.05) is 0 Å². The van der Waals surface area contributed by atoms with E-state index in [1.54, 1.807) is 24.3 Å². The van der Waals surface area contributed by atoms with Crippen LogP contribution in [0.3, 0.4) is 0 Å². The number of carbonyl (C=O) groups is 1. The second kappa shape index (κ2) is 7.68. The minimum absolute atomic E-state index is 0.175. The van der Waals surface area contributed by atoms with Crippen LogP contribution in [0.15, 0.2) is 42.5 Å². The van der Waals surface area contributed by atoms with Crippen molar-refractivity contribution in [1.82, 2.24) is 0 Å². The van der Waals surface area contributed by atoms with Crippen LogP contribution < -0.4 is 4.74 Å². The highest BCUT2D eigenvalue weighted by Gasteiger charge is 2.22. The SMILES string of the molecule is CCCOc1ccc(C(Cc2ccc(O)cc2)C(=O)O)c(C)c1. The Balaban J connectivity index is 2.23. The molecule has 2 rings (SSSR count). The fourth-order valence-corrected chi connectivity index (χ4v) is 2.55. The zero-order valence-corrected chi connectivity index (χ0v) is 13.5. The smallest absolute Gasteiger partial charge is 0.311 e. The van der Waals surface area contributed by atoms with Crippen molar-refractivity contribution in [2.45, 2.75) is 32.6 Å². The van der Waals surface area contributed by atoms with E-state index in [-0.39, 0.29) is 5.75 Å². The molecule has 2 aromatic carbocycles. The molecule has 0 saturated carbocycles. The van der Waals surface area contributed by atoms with Crippen LogP contribution >= 0.6 is 0 Å². The second-order valence-electron chi connectivity index (χ2n) is 5.63. The van der Waals surface area contributed by atoms with Crippen molar-refractivity contribution in [2.24, 2.45) is 0 Å². The monoisotopic (exact) mass is 314 g/mol. The minimum Gasteiger partial charge on any atom is -0.508 e. The maximum absolute atomic E-state index is 11.7. The number of carboxylic acids is 1. The van der Waals surface area contributed by atoms with E-state index in [2.05, 4.69) is 0 Å². The fraction of sp³-hybridized carbons (Fsp3) is 0.316. The van der Waals surface area contributed by atoms with Gasteiger partial charge in [0.2, 0.25) is 0 Å². The number of carboxylic acid groups (broad SMARTS) is 1. The maximum Gasteiger partial charge on any atom is 0.311 e. The first-order valence-corrected chi connectivity index (χ1v) is 7.75. The Morgan fingerprint density at radius 2 is 1.87 bits per heavy atom. The Labute approximate surface area is 136 Å². The predicted molar refractivity (Wildman–Crippen MR) is 89.2 cm³/mol. The summed E-state index contributed by atoms with van der Waals surface area (Å²) < 4.78 is 5.59. The van der Waals surface area contributed by atoms with Crippen LogP contribution in [-0.4, -0.2) is 22.8 Å². The molecule has 0 aliphatic rings. The van der Waals surface area contributed by atoms with Gasteiger partial charge < -0.3 is 14.9 Å². The zero-order chi connectivity index (χ0) is 16.8. The molecular weight excluding hydrogens is 292 g/mol. The molecule has 2 aromatic rings. The van der Waals surface area contributed by atoms with E-state index in [0.717, 1.165) is 28.9 Å². The number of phenols is 1. The van der Waals surface area contributed by atoms with Crippen LogP contribution in [0.4, 0.5) is 0 Å². The lowest BCUT2D eigenvalue weighted by molar-refractivity contribution is -0.138. The molecule has 0 aromatic heterocycles. The first kappa shape index (κ1) is 16.9. The lowest BCUT2D eigenvalue weighted by Gasteiger charge is -2.17. The molecule has 1 atom stereocenters. The van der Waals surface area contributed by atoms with E-state index in [4.69, 9.17) is 4.74 Å². The highest BCUT2D eigenvalue weighted by atomic mass is 16.5. The number of phenolic OH excluding ortho intramolecular Hbond substituents is 1. The largest absolute Gasteiger partial charge is 0.508 e. The van der Waals surface area contributed by atoms with Gasteiger partial charge in [-0.15, -0.1) is 0 Å². The van der Waals surface area contributed by atoms with Crippen LogP contribution in [0.2, 0.25) is 0 Å².